The fourth-order valence-electron chi connectivity index (χ4n) is 2.79. The molecule has 2 aromatic rings. The molecule has 0 fully saturated rings. The first-order chi connectivity index (χ1) is 11.2. The van der Waals surface area contributed by atoms with E-state index in [9.17, 15) is 4.79 Å². The Morgan fingerprint density at radius 3 is 2.26 bits per heavy atom. The number of nitrogens with one attached hydrogen (secondary N) is 1. The van der Waals surface area contributed by atoms with Crippen LogP contribution in [0.15, 0.2) is 54.6 Å². The summed E-state index contributed by atoms with van der Waals surface area (Å²) in [5, 5.41) is 3.03. The van der Waals surface area contributed by atoms with Crippen molar-refractivity contribution in [2.24, 2.45) is 0 Å². The SMILES string of the molecule is CCN(CC)C(CNC(=O)c1ccccc1N)c1ccccc1. The number of nitrogens with zero attached hydrogens (tertiary/aromatic N) is 1. The molecule has 0 heterocycles. The van der Waals surface area contributed by atoms with Crippen LogP contribution in [0.4, 0.5) is 5.69 Å². The Balaban J connectivity index is 2.12. The monoisotopic (exact) mass is 311 g/mol. The largest absolute Gasteiger partial charge is 0.398 e. The summed E-state index contributed by atoms with van der Waals surface area (Å²) < 4.78 is 0. The lowest BCUT2D eigenvalue weighted by Crippen LogP contribution is -2.38. The van der Waals surface area contributed by atoms with Gasteiger partial charge < -0.3 is 11.1 Å². The number of hydrogen-bond acceptors (Lipinski definition) is 3. The summed E-state index contributed by atoms with van der Waals surface area (Å²) >= 11 is 0. The van der Waals surface area contributed by atoms with Crippen molar-refractivity contribution in [3.05, 3.63) is 65.7 Å². The van der Waals surface area contributed by atoms with Gasteiger partial charge in [0.25, 0.3) is 5.91 Å². The molecule has 4 heteroatoms. The molecule has 0 aliphatic carbocycles. The minimum absolute atomic E-state index is 0.129. The second-order valence-electron chi connectivity index (χ2n) is 5.44. The highest BCUT2D eigenvalue weighted by Gasteiger charge is 2.19. The Morgan fingerprint density at radius 1 is 1.04 bits per heavy atom. The number of rotatable bonds is 7. The number of benzene rings is 2. The Labute approximate surface area is 138 Å². The second kappa shape index (κ2) is 8.34. The van der Waals surface area contributed by atoms with E-state index in [-0.39, 0.29) is 11.9 Å². The maximum atomic E-state index is 12.4. The fraction of sp³-hybridized carbons (Fsp3) is 0.316. The maximum absolute atomic E-state index is 12.4. The zero-order valence-electron chi connectivity index (χ0n) is 13.8. The quantitative estimate of drug-likeness (QED) is 0.773. The molecule has 0 aliphatic heterocycles. The van der Waals surface area contributed by atoms with Crippen LogP contribution in [0.2, 0.25) is 0 Å². The first-order valence-corrected chi connectivity index (χ1v) is 8.09. The predicted octanol–water partition coefficient (Wildman–Crippen LogP) is 3.08. The smallest absolute Gasteiger partial charge is 0.253 e. The van der Waals surface area contributed by atoms with Crippen molar-refractivity contribution in [3.63, 3.8) is 0 Å². The van der Waals surface area contributed by atoms with Gasteiger partial charge >= 0.3 is 0 Å². The number of nitrogen functional groups attached to an aromatic ring is 1. The zero-order chi connectivity index (χ0) is 16.7. The molecular formula is C19H25N3O. The van der Waals surface area contributed by atoms with E-state index in [1.165, 1.54) is 5.56 Å². The van der Waals surface area contributed by atoms with Crippen LogP contribution in [0, 0.1) is 0 Å². The van der Waals surface area contributed by atoms with Crippen LogP contribution < -0.4 is 11.1 Å². The van der Waals surface area contributed by atoms with Gasteiger partial charge in [-0.25, -0.2) is 0 Å². The molecule has 0 aromatic heterocycles. The molecule has 0 saturated heterocycles. The standard InChI is InChI=1S/C19H25N3O/c1-3-22(4-2)18(15-10-6-5-7-11-15)14-21-19(23)16-12-8-9-13-17(16)20/h5-13,18H,3-4,14,20H2,1-2H3,(H,21,23). The normalized spacial score (nSPS) is 12.1. The van der Waals surface area contributed by atoms with Crippen LogP contribution in [0.3, 0.4) is 0 Å². The van der Waals surface area contributed by atoms with Crippen LogP contribution in [0.5, 0.6) is 0 Å². The van der Waals surface area contributed by atoms with Crippen molar-refractivity contribution in [2.75, 3.05) is 25.4 Å². The predicted molar refractivity (Wildman–Crippen MR) is 95.3 cm³/mol. The molecular weight excluding hydrogens is 286 g/mol. The van der Waals surface area contributed by atoms with E-state index in [1.807, 2.05) is 30.3 Å². The molecule has 1 atom stereocenters. The Morgan fingerprint density at radius 2 is 1.65 bits per heavy atom. The van der Waals surface area contributed by atoms with Crippen molar-refractivity contribution in [3.8, 4) is 0 Å². The average molecular weight is 311 g/mol. The number of anilines is 1. The number of para-hydroxylation sites is 1. The van der Waals surface area contributed by atoms with Crippen LogP contribution >= 0.6 is 0 Å². The molecule has 0 aliphatic rings. The van der Waals surface area contributed by atoms with Gasteiger partial charge in [0.2, 0.25) is 0 Å². The van der Waals surface area contributed by atoms with E-state index < -0.39 is 0 Å². The van der Waals surface area contributed by atoms with Crippen molar-refractivity contribution >= 4 is 11.6 Å². The number of carbonyl (C=O) groups excluding carboxylic acids is 1. The Bertz CT molecular complexity index is 624. The van der Waals surface area contributed by atoms with E-state index in [0.717, 1.165) is 13.1 Å². The lowest BCUT2D eigenvalue weighted by molar-refractivity contribution is 0.0936. The minimum atomic E-state index is -0.129. The van der Waals surface area contributed by atoms with Crippen molar-refractivity contribution in [2.45, 2.75) is 19.9 Å². The highest BCUT2D eigenvalue weighted by atomic mass is 16.1. The van der Waals surface area contributed by atoms with Crippen LogP contribution in [0.1, 0.15) is 35.8 Å². The Hall–Kier alpha value is -2.33. The van der Waals surface area contributed by atoms with E-state index in [4.69, 9.17) is 5.73 Å². The third-order valence-corrected chi connectivity index (χ3v) is 4.10. The molecule has 122 valence electrons. The second-order valence-corrected chi connectivity index (χ2v) is 5.44. The number of likely N-dealkylation sites (N-methyl/N-ethyl adjacent to an activating group) is 1. The molecule has 0 bridgehead atoms. The first kappa shape index (κ1) is 17.0. The van der Waals surface area contributed by atoms with Crippen molar-refractivity contribution in [1.82, 2.24) is 10.2 Å². The summed E-state index contributed by atoms with van der Waals surface area (Å²) in [5.41, 5.74) is 8.12. The third-order valence-electron chi connectivity index (χ3n) is 4.10. The van der Waals surface area contributed by atoms with Gasteiger partial charge in [-0.05, 0) is 30.8 Å². The van der Waals surface area contributed by atoms with Crippen LogP contribution in [-0.2, 0) is 0 Å². The molecule has 4 nitrogen and oxygen atoms in total. The number of amides is 1. The minimum Gasteiger partial charge on any atom is -0.398 e. The summed E-state index contributed by atoms with van der Waals surface area (Å²) in [6.07, 6.45) is 0. The van der Waals surface area contributed by atoms with Gasteiger partial charge in [-0.2, -0.15) is 0 Å². The highest BCUT2D eigenvalue weighted by Crippen LogP contribution is 2.20. The summed E-state index contributed by atoms with van der Waals surface area (Å²) in [7, 11) is 0. The number of nitrogens with two attached hydrogens (primary N) is 1. The molecule has 0 saturated carbocycles. The van der Waals surface area contributed by atoms with Crippen molar-refractivity contribution < 1.29 is 4.79 Å². The van der Waals surface area contributed by atoms with E-state index in [2.05, 4.69) is 36.2 Å². The molecule has 1 amide bonds. The summed E-state index contributed by atoms with van der Waals surface area (Å²) in [6, 6.07) is 17.6. The molecule has 3 N–H and O–H groups in total. The summed E-state index contributed by atoms with van der Waals surface area (Å²) in [5.74, 6) is -0.129. The lowest BCUT2D eigenvalue weighted by atomic mass is 10.0. The summed E-state index contributed by atoms with van der Waals surface area (Å²) in [6.45, 7) is 6.69. The maximum Gasteiger partial charge on any atom is 0.253 e. The van der Waals surface area contributed by atoms with E-state index >= 15 is 0 Å². The van der Waals surface area contributed by atoms with Gasteiger partial charge in [-0.1, -0.05) is 56.3 Å². The molecule has 2 rings (SSSR count). The molecule has 1 unspecified atom stereocenters. The van der Waals surface area contributed by atoms with Crippen LogP contribution in [0.25, 0.3) is 0 Å². The number of carbonyl (C=O) groups is 1. The van der Waals surface area contributed by atoms with Gasteiger partial charge in [0.1, 0.15) is 0 Å². The topological polar surface area (TPSA) is 58.4 Å². The van der Waals surface area contributed by atoms with Crippen molar-refractivity contribution in [1.29, 1.82) is 0 Å². The highest BCUT2D eigenvalue weighted by molar-refractivity contribution is 5.99. The summed E-state index contributed by atoms with van der Waals surface area (Å²) in [4.78, 5) is 14.7. The van der Waals surface area contributed by atoms with E-state index in [1.54, 1.807) is 12.1 Å². The van der Waals surface area contributed by atoms with Gasteiger partial charge in [-0.15, -0.1) is 0 Å². The molecule has 2 aromatic carbocycles. The van der Waals surface area contributed by atoms with Gasteiger partial charge in [0, 0.05) is 12.2 Å². The third kappa shape index (κ3) is 4.33. The van der Waals surface area contributed by atoms with Crippen LogP contribution in [-0.4, -0.2) is 30.4 Å². The molecule has 0 radical (unpaired) electrons. The zero-order valence-corrected chi connectivity index (χ0v) is 13.8. The lowest BCUT2D eigenvalue weighted by Gasteiger charge is -2.30. The van der Waals surface area contributed by atoms with Gasteiger partial charge in [0.05, 0.1) is 11.6 Å². The molecule has 0 spiro atoms. The van der Waals surface area contributed by atoms with E-state index in [0.29, 0.717) is 17.8 Å². The number of hydrogen-bond donors (Lipinski definition) is 2. The Kier molecular flexibility index (Phi) is 6.18. The average Bonchev–Trinajstić information content (AvgIpc) is 2.59. The van der Waals surface area contributed by atoms with Gasteiger partial charge in [-0.3, -0.25) is 9.69 Å². The molecule has 23 heavy (non-hydrogen) atoms. The van der Waals surface area contributed by atoms with Gasteiger partial charge in [0.15, 0.2) is 0 Å². The fourth-order valence-corrected chi connectivity index (χ4v) is 2.79. The first-order valence-electron chi connectivity index (χ1n) is 8.09.